The average molecular weight is 241 g/mol. The molecule has 92 valence electrons. The van der Waals surface area contributed by atoms with E-state index in [-0.39, 0.29) is 19.8 Å². The molecule has 1 saturated heterocycles. The molecule has 0 bridgehead atoms. The highest BCUT2D eigenvalue weighted by Crippen LogP contribution is 2.14. The lowest BCUT2D eigenvalue weighted by atomic mass is 10.2. The summed E-state index contributed by atoms with van der Waals surface area (Å²) in [6.07, 6.45) is 1.59. The molecule has 0 saturated carbocycles. The number of hydrogen-bond donors (Lipinski definition) is 1. The summed E-state index contributed by atoms with van der Waals surface area (Å²) in [5.41, 5.74) is 0. The van der Waals surface area contributed by atoms with Crippen LogP contribution in [0.15, 0.2) is 12.2 Å². The Balaban J connectivity index is 1.84. The lowest BCUT2D eigenvalue weighted by Crippen LogP contribution is -2.44. The maximum atomic E-state index is 11.2. The highest BCUT2D eigenvalue weighted by molar-refractivity contribution is 6.12. The van der Waals surface area contributed by atoms with Gasteiger partial charge in [-0.2, -0.15) is 0 Å². The molecular weight excluding hydrogens is 230 g/mol. The van der Waals surface area contributed by atoms with E-state index in [0.29, 0.717) is 0 Å². The molecule has 17 heavy (non-hydrogen) atoms. The molecule has 2 aliphatic rings. The molecule has 0 aromatic rings. The Morgan fingerprint density at radius 3 is 2.29 bits per heavy atom. The monoisotopic (exact) mass is 241 g/mol. The van der Waals surface area contributed by atoms with Crippen LogP contribution >= 0.6 is 0 Å². The van der Waals surface area contributed by atoms with E-state index < -0.39 is 30.0 Å². The van der Waals surface area contributed by atoms with Gasteiger partial charge in [0.05, 0.1) is 19.8 Å². The second-order valence-electron chi connectivity index (χ2n) is 3.75. The first kappa shape index (κ1) is 11.7. The standard InChI is InChI=1S/C10H11NO6/c12-7-1-2-8(13)11(7)3-9-16-4-6(5-17-9)10(14)15/h1-2,6,9H,3-5H2,(H,14,15). The van der Waals surface area contributed by atoms with Crippen LogP contribution in [0.4, 0.5) is 0 Å². The second kappa shape index (κ2) is 4.64. The lowest BCUT2D eigenvalue weighted by Gasteiger charge is -2.29. The summed E-state index contributed by atoms with van der Waals surface area (Å²) in [7, 11) is 0. The molecule has 0 aromatic carbocycles. The van der Waals surface area contributed by atoms with Crippen LogP contribution in [0.25, 0.3) is 0 Å². The molecule has 0 aliphatic carbocycles. The molecule has 2 heterocycles. The minimum absolute atomic E-state index is 0.0169. The van der Waals surface area contributed by atoms with Gasteiger partial charge in [-0.1, -0.05) is 0 Å². The first-order chi connectivity index (χ1) is 8.08. The van der Waals surface area contributed by atoms with Crippen LogP contribution in [-0.4, -0.2) is 53.8 Å². The molecule has 7 nitrogen and oxygen atoms in total. The highest BCUT2D eigenvalue weighted by atomic mass is 16.7. The SMILES string of the molecule is O=C(O)C1COC(CN2C(=O)C=CC2=O)OC1. The predicted octanol–water partition coefficient (Wildman–Crippen LogP) is -1.01. The van der Waals surface area contributed by atoms with Crippen molar-refractivity contribution in [3.05, 3.63) is 12.2 Å². The van der Waals surface area contributed by atoms with E-state index in [1.807, 2.05) is 0 Å². The maximum Gasteiger partial charge on any atom is 0.311 e. The fraction of sp³-hybridized carbons (Fsp3) is 0.500. The van der Waals surface area contributed by atoms with Crippen LogP contribution in [0.1, 0.15) is 0 Å². The Bertz CT molecular complexity index is 364. The summed E-state index contributed by atoms with van der Waals surface area (Å²) < 4.78 is 10.3. The number of rotatable bonds is 3. The van der Waals surface area contributed by atoms with Crippen molar-refractivity contribution in [3.63, 3.8) is 0 Å². The molecular formula is C10H11NO6. The van der Waals surface area contributed by atoms with Gasteiger partial charge in [-0.3, -0.25) is 19.3 Å². The quantitative estimate of drug-likeness (QED) is 0.636. The van der Waals surface area contributed by atoms with Crippen molar-refractivity contribution in [1.29, 1.82) is 0 Å². The smallest absolute Gasteiger partial charge is 0.311 e. The molecule has 2 amide bonds. The predicted molar refractivity (Wildman–Crippen MR) is 52.7 cm³/mol. The normalized spacial score (nSPS) is 28.8. The summed E-state index contributed by atoms with van der Waals surface area (Å²) in [4.78, 5) is 34.1. The largest absolute Gasteiger partial charge is 0.481 e. The Hall–Kier alpha value is -1.73. The number of ether oxygens (including phenoxy) is 2. The summed E-state index contributed by atoms with van der Waals surface area (Å²) in [5, 5.41) is 8.70. The number of nitrogens with zero attached hydrogens (tertiary/aromatic N) is 1. The zero-order valence-corrected chi connectivity index (χ0v) is 8.87. The first-order valence-corrected chi connectivity index (χ1v) is 5.07. The molecule has 0 aromatic heterocycles. The van der Waals surface area contributed by atoms with Crippen molar-refractivity contribution in [3.8, 4) is 0 Å². The van der Waals surface area contributed by atoms with Gasteiger partial charge in [-0.05, 0) is 0 Å². The Labute approximate surface area is 96.6 Å². The Morgan fingerprint density at radius 1 is 1.29 bits per heavy atom. The number of carbonyl (C=O) groups is 3. The van der Waals surface area contributed by atoms with Crippen LogP contribution in [0, 0.1) is 5.92 Å². The van der Waals surface area contributed by atoms with Crippen molar-refractivity contribution in [2.24, 2.45) is 5.92 Å². The summed E-state index contributed by atoms with van der Waals surface area (Å²) >= 11 is 0. The number of carboxylic acids is 1. The zero-order chi connectivity index (χ0) is 12.4. The third-order valence-electron chi connectivity index (χ3n) is 2.55. The first-order valence-electron chi connectivity index (χ1n) is 5.07. The van der Waals surface area contributed by atoms with Gasteiger partial charge < -0.3 is 14.6 Å². The van der Waals surface area contributed by atoms with Gasteiger partial charge in [0.2, 0.25) is 0 Å². The number of amides is 2. The molecule has 0 radical (unpaired) electrons. The van der Waals surface area contributed by atoms with Crippen LogP contribution in [0.3, 0.4) is 0 Å². The average Bonchev–Trinajstić information content (AvgIpc) is 2.61. The van der Waals surface area contributed by atoms with Gasteiger partial charge in [0.15, 0.2) is 6.29 Å². The van der Waals surface area contributed by atoms with Crippen molar-refractivity contribution >= 4 is 17.8 Å². The zero-order valence-electron chi connectivity index (χ0n) is 8.87. The number of carbonyl (C=O) groups excluding carboxylic acids is 2. The molecule has 0 spiro atoms. The van der Waals surface area contributed by atoms with Crippen LogP contribution in [0.5, 0.6) is 0 Å². The van der Waals surface area contributed by atoms with Gasteiger partial charge >= 0.3 is 5.97 Å². The molecule has 0 unspecified atom stereocenters. The molecule has 1 fully saturated rings. The number of imide groups is 1. The minimum Gasteiger partial charge on any atom is -0.481 e. The minimum atomic E-state index is -0.988. The molecule has 1 N–H and O–H groups in total. The summed E-state index contributed by atoms with van der Waals surface area (Å²) in [6.45, 7) is 0.0182. The molecule has 0 atom stereocenters. The van der Waals surface area contributed by atoms with E-state index in [9.17, 15) is 14.4 Å². The van der Waals surface area contributed by atoms with E-state index in [0.717, 1.165) is 4.90 Å². The van der Waals surface area contributed by atoms with E-state index >= 15 is 0 Å². The van der Waals surface area contributed by atoms with Crippen LogP contribution in [0.2, 0.25) is 0 Å². The fourth-order valence-electron chi connectivity index (χ4n) is 1.55. The third kappa shape index (κ3) is 2.51. The van der Waals surface area contributed by atoms with E-state index in [1.165, 1.54) is 12.2 Å². The Morgan fingerprint density at radius 2 is 1.82 bits per heavy atom. The number of carboxylic acid groups (broad SMARTS) is 1. The number of hydrogen-bond acceptors (Lipinski definition) is 5. The van der Waals surface area contributed by atoms with Crippen LogP contribution in [-0.2, 0) is 23.9 Å². The van der Waals surface area contributed by atoms with E-state index in [2.05, 4.69) is 0 Å². The van der Waals surface area contributed by atoms with Crippen molar-refractivity contribution < 1.29 is 29.0 Å². The van der Waals surface area contributed by atoms with Gasteiger partial charge in [0, 0.05) is 12.2 Å². The summed E-state index contributed by atoms with van der Waals surface area (Å²) in [5.74, 6) is -2.52. The second-order valence-corrected chi connectivity index (χ2v) is 3.75. The summed E-state index contributed by atoms with van der Waals surface area (Å²) in [6, 6.07) is 0. The molecule has 7 heteroatoms. The molecule has 2 rings (SSSR count). The van der Waals surface area contributed by atoms with Crippen LogP contribution < -0.4 is 0 Å². The highest BCUT2D eigenvalue weighted by Gasteiger charge is 2.32. The van der Waals surface area contributed by atoms with Crippen molar-refractivity contribution in [2.75, 3.05) is 19.8 Å². The van der Waals surface area contributed by atoms with Crippen molar-refractivity contribution in [1.82, 2.24) is 4.90 Å². The maximum absolute atomic E-state index is 11.2. The van der Waals surface area contributed by atoms with E-state index in [1.54, 1.807) is 0 Å². The fourth-order valence-corrected chi connectivity index (χ4v) is 1.55. The van der Waals surface area contributed by atoms with E-state index in [4.69, 9.17) is 14.6 Å². The molecule has 2 aliphatic heterocycles. The van der Waals surface area contributed by atoms with Gasteiger partial charge in [-0.25, -0.2) is 0 Å². The Kier molecular flexibility index (Phi) is 3.21. The van der Waals surface area contributed by atoms with Gasteiger partial charge in [-0.15, -0.1) is 0 Å². The third-order valence-corrected chi connectivity index (χ3v) is 2.55. The number of aliphatic carboxylic acids is 1. The topological polar surface area (TPSA) is 93.1 Å². The van der Waals surface area contributed by atoms with Gasteiger partial charge in [0.1, 0.15) is 5.92 Å². The van der Waals surface area contributed by atoms with Crippen molar-refractivity contribution in [2.45, 2.75) is 6.29 Å². The lowest BCUT2D eigenvalue weighted by molar-refractivity contribution is -0.212. The van der Waals surface area contributed by atoms with Gasteiger partial charge in [0.25, 0.3) is 11.8 Å².